The summed E-state index contributed by atoms with van der Waals surface area (Å²) >= 11 is 6.00. The Labute approximate surface area is 229 Å². The number of carbonyl (C=O) groups excluding carboxylic acids is 2. The maximum atomic E-state index is 13.5. The first-order valence-corrected chi connectivity index (χ1v) is 12.1. The van der Waals surface area contributed by atoms with Crippen LogP contribution in [0.3, 0.4) is 0 Å². The monoisotopic (exact) mass is 583 g/mol. The molecular weight excluding hydrogens is 564 g/mol. The van der Waals surface area contributed by atoms with Gasteiger partial charge >= 0.3 is 24.4 Å². The zero-order chi connectivity index (χ0) is 29.3. The first-order valence-electron chi connectivity index (χ1n) is 11.7. The highest BCUT2D eigenvalue weighted by Crippen LogP contribution is 2.39. The van der Waals surface area contributed by atoms with Gasteiger partial charge in [0.2, 0.25) is 0 Å². The van der Waals surface area contributed by atoms with E-state index in [2.05, 4.69) is 10.4 Å². The number of hydrogen-bond donors (Lipinski definition) is 1. The van der Waals surface area contributed by atoms with Crippen molar-refractivity contribution in [2.45, 2.75) is 24.7 Å². The molecule has 1 atom stereocenters. The molecule has 1 unspecified atom stereocenters. The molecule has 1 heterocycles. The van der Waals surface area contributed by atoms with Crippen LogP contribution in [-0.2, 0) is 27.3 Å². The number of alkyl halides is 6. The average Bonchev–Trinajstić information content (AvgIpc) is 3.31. The van der Waals surface area contributed by atoms with Crippen molar-refractivity contribution in [1.82, 2.24) is 5.01 Å². The minimum absolute atomic E-state index is 0.00458. The van der Waals surface area contributed by atoms with Crippen LogP contribution < -0.4 is 5.32 Å². The zero-order valence-corrected chi connectivity index (χ0v) is 21.4. The van der Waals surface area contributed by atoms with Crippen molar-refractivity contribution in [3.8, 4) is 0 Å². The molecule has 210 valence electrons. The summed E-state index contributed by atoms with van der Waals surface area (Å²) in [6, 6.07) is 12.7. The van der Waals surface area contributed by atoms with Crippen LogP contribution in [0.15, 0.2) is 77.9 Å². The summed E-state index contributed by atoms with van der Waals surface area (Å²) in [5.74, 6) is -0.867. The van der Waals surface area contributed by atoms with E-state index in [1.165, 1.54) is 24.3 Å². The van der Waals surface area contributed by atoms with Gasteiger partial charge in [0, 0.05) is 10.7 Å². The van der Waals surface area contributed by atoms with Gasteiger partial charge in [-0.3, -0.25) is 4.79 Å². The summed E-state index contributed by atoms with van der Waals surface area (Å²) in [6.07, 6.45) is -9.21. The lowest BCUT2D eigenvalue weighted by Gasteiger charge is -2.29. The summed E-state index contributed by atoms with van der Waals surface area (Å²) < 4.78 is 83.8. The van der Waals surface area contributed by atoms with Crippen molar-refractivity contribution in [2.24, 2.45) is 5.10 Å². The lowest BCUT2D eigenvalue weighted by Crippen LogP contribution is -2.48. The molecule has 0 aromatic heterocycles. The molecule has 1 aliphatic rings. The minimum Gasteiger partial charge on any atom is -0.465 e. The number of hydrazone groups is 1. The molecule has 0 spiro atoms. The average molecular weight is 584 g/mol. The fraction of sp³-hybridized carbons (Fsp3) is 0.222. The van der Waals surface area contributed by atoms with Crippen molar-refractivity contribution in [3.05, 3.63) is 100 Å². The summed E-state index contributed by atoms with van der Waals surface area (Å²) in [5.41, 5.74) is -3.27. The number of amides is 2. The standard InChI is InChI=1S/C27H20ClF6N3O3/c1-2-40-23(38)25(17-5-7-18(8-6-17)26(29,30)31)15-37(36-22(25)16-3-11-20(28)12-4-16)24(39)35-21-13-9-19(10-14-21)27(32,33)34/h3-14H,2,15H2,1H3,(H,35,39). The Balaban J connectivity index is 1.78. The Morgan fingerprint density at radius 1 is 0.900 bits per heavy atom. The second kappa shape index (κ2) is 10.8. The number of hydrogen-bond acceptors (Lipinski definition) is 4. The van der Waals surface area contributed by atoms with Gasteiger partial charge in [0.25, 0.3) is 0 Å². The lowest BCUT2D eigenvalue weighted by atomic mass is 9.74. The van der Waals surface area contributed by atoms with E-state index >= 15 is 0 Å². The van der Waals surface area contributed by atoms with Gasteiger partial charge in [-0.05, 0) is 66.6 Å². The van der Waals surface area contributed by atoms with Gasteiger partial charge in [-0.1, -0.05) is 35.9 Å². The fourth-order valence-electron chi connectivity index (χ4n) is 4.21. The van der Waals surface area contributed by atoms with Crippen LogP contribution in [0.5, 0.6) is 0 Å². The molecule has 4 rings (SSSR count). The van der Waals surface area contributed by atoms with E-state index in [-0.39, 0.29) is 23.6 Å². The van der Waals surface area contributed by atoms with Gasteiger partial charge < -0.3 is 10.1 Å². The number of benzene rings is 3. The summed E-state index contributed by atoms with van der Waals surface area (Å²) in [7, 11) is 0. The second-order valence-electron chi connectivity index (χ2n) is 8.72. The number of esters is 1. The maximum Gasteiger partial charge on any atom is 0.416 e. The van der Waals surface area contributed by atoms with Crippen LogP contribution in [-0.4, -0.2) is 35.9 Å². The molecule has 0 saturated heterocycles. The van der Waals surface area contributed by atoms with E-state index in [1.54, 1.807) is 6.92 Å². The van der Waals surface area contributed by atoms with Gasteiger partial charge in [-0.2, -0.15) is 31.4 Å². The SMILES string of the molecule is CCOC(=O)C1(c2ccc(C(F)(F)F)cc2)CN(C(=O)Nc2ccc(C(F)(F)F)cc2)N=C1c1ccc(Cl)cc1. The third-order valence-corrected chi connectivity index (χ3v) is 6.41. The Bertz CT molecular complexity index is 1420. The predicted octanol–water partition coefficient (Wildman–Crippen LogP) is 7.13. The van der Waals surface area contributed by atoms with Gasteiger partial charge in [0.1, 0.15) is 0 Å². The van der Waals surface area contributed by atoms with Crippen molar-refractivity contribution in [3.63, 3.8) is 0 Å². The maximum absolute atomic E-state index is 13.5. The molecule has 1 N–H and O–H groups in total. The quantitative estimate of drug-likeness (QED) is 0.257. The third kappa shape index (κ3) is 5.76. The van der Waals surface area contributed by atoms with E-state index < -0.39 is 47.4 Å². The molecule has 0 radical (unpaired) electrons. The van der Waals surface area contributed by atoms with Gasteiger partial charge in [-0.25, -0.2) is 9.80 Å². The number of rotatable bonds is 5. The van der Waals surface area contributed by atoms with Crippen LogP contribution in [0.4, 0.5) is 36.8 Å². The summed E-state index contributed by atoms with van der Waals surface area (Å²) in [6.45, 7) is 0.996. The van der Waals surface area contributed by atoms with Crippen LogP contribution >= 0.6 is 11.6 Å². The largest absolute Gasteiger partial charge is 0.465 e. The van der Waals surface area contributed by atoms with E-state index in [4.69, 9.17) is 16.3 Å². The number of halogens is 7. The van der Waals surface area contributed by atoms with E-state index in [1.807, 2.05) is 0 Å². The molecule has 0 fully saturated rings. The second-order valence-corrected chi connectivity index (χ2v) is 9.16. The normalized spacial score (nSPS) is 17.4. The molecule has 0 saturated carbocycles. The molecule has 40 heavy (non-hydrogen) atoms. The third-order valence-electron chi connectivity index (χ3n) is 6.16. The van der Waals surface area contributed by atoms with Crippen molar-refractivity contribution < 1.29 is 40.7 Å². The van der Waals surface area contributed by atoms with Crippen LogP contribution in [0.25, 0.3) is 0 Å². The van der Waals surface area contributed by atoms with Gasteiger partial charge in [0.15, 0.2) is 5.41 Å². The molecule has 0 bridgehead atoms. The zero-order valence-electron chi connectivity index (χ0n) is 20.6. The summed E-state index contributed by atoms with van der Waals surface area (Å²) in [5, 5.41) is 7.99. The number of nitrogens with zero attached hydrogens (tertiary/aromatic N) is 2. The Kier molecular flexibility index (Phi) is 7.84. The molecule has 0 aliphatic carbocycles. The van der Waals surface area contributed by atoms with Crippen molar-refractivity contribution in [2.75, 3.05) is 18.5 Å². The lowest BCUT2D eigenvalue weighted by molar-refractivity contribution is -0.147. The highest BCUT2D eigenvalue weighted by Gasteiger charge is 2.54. The van der Waals surface area contributed by atoms with Crippen LogP contribution in [0, 0.1) is 0 Å². The highest BCUT2D eigenvalue weighted by atomic mass is 35.5. The van der Waals surface area contributed by atoms with E-state index in [9.17, 15) is 35.9 Å². The van der Waals surface area contributed by atoms with Crippen LogP contribution in [0.2, 0.25) is 5.02 Å². The van der Waals surface area contributed by atoms with E-state index in [0.29, 0.717) is 10.6 Å². The number of nitrogens with one attached hydrogen (secondary N) is 1. The molecule has 1 aliphatic heterocycles. The number of anilines is 1. The molecular formula is C27H20ClF6N3O3. The summed E-state index contributed by atoms with van der Waals surface area (Å²) in [4.78, 5) is 26.7. The van der Waals surface area contributed by atoms with Gasteiger partial charge in [-0.15, -0.1) is 0 Å². The Morgan fingerprint density at radius 2 is 1.43 bits per heavy atom. The van der Waals surface area contributed by atoms with Crippen molar-refractivity contribution >= 4 is 35.0 Å². The van der Waals surface area contributed by atoms with E-state index in [0.717, 1.165) is 53.5 Å². The molecule has 2 amide bonds. The fourth-order valence-corrected chi connectivity index (χ4v) is 4.33. The van der Waals surface area contributed by atoms with Gasteiger partial charge in [0.05, 0.1) is 30.0 Å². The minimum atomic E-state index is -4.63. The Hall–Kier alpha value is -4.06. The molecule has 3 aromatic rings. The first-order chi connectivity index (χ1) is 18.8. The predicted molar refractivity (Wildman–Crippen MR) is 135 cm³/mol. The molecule has 13 heteroatoms. The first kappa shape index (κ1) is 28.9. The topological polar surface area (TPSA) is 71.0 Å². The highest BCUT2D eigenvalue weighted by molar-refractivity contribution is 6.31. The number of ether oxygens (including phenoxy) is 1. The number of urea groups is 1. The molecule has 6 nitrogen and oxygen atoms in total. The molecule has 3 aromatic carbocycles. The smallest absolute Gasteiger partial charge is 0.416 e. The number of carbonyl (C=O) groups is 2. The van der Waals surface area contributed by atoms with Crippen molar-refractivity contribution in [1.29, 1.82) is 0 Å². The van der Waals surface area contributed by atoms with Crippen LogP contribution in [0.1, 0.15) is 29.2 Å². The Morgan fingerprint density at radius 3 is 1.93 bits per heavy atom.